The molecular weight excluding hydrogens is 386 g/mol. The number of nitrogens with zero attached hydrogens (tertiary/aromatic N) is 5. The van der Waals surface area contributed by atoms with Crippen LogP contribution < -0.4 is 9.80 Å². The molecule has 0 aliphatic carbocycles. The molecule has 2 aliphatic heterocycles. The van der Waals surface area contributed by atoms with E-state index in [2.05, 4.69) is 44.3 Å². The van der Waals surface area contributed by atoms with Gasteiger partial charge in [-0.3, -0.25) is 4.79 Å². The highest BCUT2D eigenvalue weighted by Gasteiger charge is 2.23. The first-order valence-corrected chi connectivity index (χ1v) is 11.4. The smallest absolute Gasteiger partial charge is 0.253 e. The van der Waals surface area contributed by atoms with Crippen LogP contribution >= 0.6 is 0 Å². The van der Waals surface area contributed by atoms with Gasteiger partial charge in [0, 0.05) is 44.8 Å². The molecule has 31 heavy (non-hydrogen) atoms. The van der Waals surface area contributed by atoms with E-state index in [-0.39, 0.29) is 5.91 Å². The summed E-state index contributed by atoms with van der Waals surface area (Å²) in [6, 6.07) is 18.3. The zero-order chi connectivity index (χ0) is 21.0. The van der Waals surface area contributed by atoms with E-state index in [4.69, 9.17) is 0 Å². The van der Waals surface area contributed by atoms with Crippen molar-refractivity contribution in [3.05, 3.63) is 60.2 Å². The van der Waals surface area contributed by atoms with Crippen LogP contribution in [0, 0.1) is 0 Å². The number of fused-ring (bicyclic) bond motifs is 1. The molecule has 0 saturated carbocycles. The number of rotatable bonds is 3. The average Bonchev–Trinajstić information content (AvgIpc) is 3.13. The Bertz CT molecular complexity index is 1040. The van der Waals surface area contributed by atoms with Crippen LogP contribution in [0.5, 0.6) is 0 Å². The first-order valence-electron chi connectivity index (χ1n) is 11.4. The monoisotopic (exact) mass is 415 g/mol. The standard InChI is InChI=1S/C25H29N5O/c31-25(22-10-9-20-7-3-4-8-21(20)19-22)30-17-15-29(16-18-30)24-12-11-23(26-27-24)28-13-5-1-2-6-14-28/h3-4,7-12,19H,1-2,5-6,13-18H2. The molecule has 5 rings (SSSR count). The fraction of sp³-hybridized carbons (Fsp3) is 0.400. The minimum absolute atomic E-state index is 0.105. The van der Waals surface area contributed by atoms with Crippen LogP contribution in [0.3, 0.4) is 0 Å². The molecule has 1 amide bonds. The molecule has 1 aromatic heterocycles. The fourth-order valence-electron chi connectivity index (χ4n) is 4.60. The Kier molecular flexibility index (Phi) is 5.69. The van der Waals surface area contributed by atoms with Crippen molar-refractivity contribution in [2.75, 3.05) is 49.1 Å². The quantitative estimate of drug-likeness (QED) is 0.648. The van der Waals surface area contributed by atoms with E-state index >= 15 is 0 Å². The highest BCUT2D eigenvalue weighted by Crippen LogP contribution is 2.21. The maximum absolute atomic E-state index is 13.0. The number of hydrogen-bond acceptors (Lipinski definition) is 5. The van der Waals surface area contributed by atoms with Gasteiger partial charge in [0.2, 0.25) is 0 Å². The minimum Gasteiger partial charge on any atom is -0.355 e. The van der Waals surface area contributed by atoms with Crippen LogP contribution in [0.4, 0.5) is 11.6 Å². The number of piperazine rings is 1. The summed E-state index contributed by atoms with van der Waals surface area (Å²) in [5, 5.41) is 11.3. The minimum atomic E-state index is 0.105. The predicted octanol–water partition coefficient (Wildman–Crippen LogP) is 3.97. The molecule has 3 heterocycles. The molecule has 2 saturated heterocycles. The van der Waals surface area contributed by atoms with Crippen molar-refractivity contribution in [3.63, 3.8) is 0 Å². The lowest BCUT2D eigenvalue weighted by Gasteiger charge is -2.35. The van der Waals surface area contributed by atoms with Crippen LogP contribution in [0.25, 0.3) is 10.8 Å². The molecule has 0 spiro atoms. The number of aromatic nitrogens is 2. The number of carbonyl (C=O) groups excluding carboxylic acids is 1. The van der Waals surface area contributed by atoms with Crippen molar-refractivity contribution < 1.29 is 4.79 Å². The molecule has 2 fully saturated rings. The molecule has 160 valence electrons. The highest BCUT2D eigenvalue weighted by molar-refractivity contribution is 5.98. The van der Waals surface area contributed by atoms with Crippen molar-refractivity contribution in [2.45, 2.75) is 25.7 Å². The van der Waals surface area contributed by atoms with Gasteiger partial charge in [0.1, 0.15) is 0 Å². The van der Waals surface area contributed by atoms with Crippen LogP contribution in [0.15, 0.2) is 54.6 Å². The molecule has 6 nitrogen and oxygen atoms in total. The average molecular weight is 416 g/mol. The maximum Gasteiger partial charge on any atom is 0.253 e. The van der Waals surface area contributed by atoms with Crippen molar-refractivity contribution in [1.82, 2.24) is 15.1 Å². The molecule has 2 aliphatic rings. The summed E-state index contributed by atoms with van der Waals surface area (Å²) in [6.45, 7) is 5.09. The van der Waals surface area contributed by atoms with E-state index in [0.29, 0.717) is 13.1 Å². The summed E-state index contributed by atoms with van der Waals surface area (Å²) >= 11 is 0. The second-order valence-electron chi connectivity index (χ2n) is 8.49. The van der Waals surface area contributed by atoms with E-state index in [1.165, 1.54) is 25.7 Å². The Hall–Kier alpha value is -3.15. The van der Waals surface area contributed by atoms with Crippen molar-refractivity contribution >= 4 is 28.3 Å². The largest absolute Gasteiger partial charge is 0.355 e. The maximum atomic E-state index is 13.0. The summed E-state index contributed by atoms with van der Waals surface area (Å²) in [5.74, 6) is 1.99. The van der Waals surface area contributed by atoms with E-state index in [0.717, 1.165) is 54.2 Å². The Labute approximate surface area is 183 Å². The van der Waals surface area contributed by atoms with E-state index in [9.17, 15) is 4.79 Å². The normalized spacial score (nSPS) is 17.6. The van der Waals surface area contributed by atoms with Gasteiger partial charge in [-0.25, -0.2) is 0 Å². The molecule has 2 aromatic carbocycles. The van der Waals surface area contributed by atoms with Gasteiger partial charge in [-0.1, -0.05) is 43.2 Å². The fourth-order valence-corrected chi connectivity index (χ4v) is 4.60. The molecule has 0 radical (unpaired) electrons. The second kappa shape index (κ2) is 8.92. The molecule has 0 atom stereocenters. The summed E-state index contributed by atoms with van der Waals surface area (Å²) in [6.07, 6.45) is 5.09. The Balaban J connectivity index is 1.21. The summed E-state index contributed by atoms with van der Waals surface area (Å²) in [7, 11) is 0. The van der Waals surface area contributed by atoms with Gasteiger partial charge in [0.25, 0.3) is 5.91 Å². The second-order valence-corrected chi connectivity index (χ2v) is 8.49. The molecule has 6 heteroatoms. The number of carbonyl (C=O) groups is 1. The van der Waals surface area contributed by atoms with Crippen molar-refractivity contribution in [3.8, 4) is 0 Å². The Morgan fingerprint density at radius 3 is 1.90 bits per heavy atom. The zero-order valence-corrected chi connectivity index (χ0v) is 17.9. The topological polar surface area (TPSA) is 52.6 Å². The molecule has 3 aromatic rings. The zero-order valence-electron chi connectivity index (χ0n) is 17.9. The third-order valence-electron chi connectivity index (χ3n) is 6.45. The van der Waals surface area contributed by atoms with Gasteiger partial charge >= 0.3 is 0 Å². The predicted molar refractivity (Wildman–Crippen MR) is 125 cm³/mol. The third kappa shape index (κ3) is 4.33. The molecule has 0 unspecified atom stereocenters. The van der Waals surface area contributed by atoms with Crippen molar-refractivity contribution in [1.29, 1.82) is 0 Å². The van der Waals surface area contributed by atoms with Gasteiger partial charge in [0.05, 0.1) is 0 Å². The lowest BCUT2D eigenvalue weighted by Crippen LogP contribution is -2.49. The van der Waals surface area contributed by atoms with Gasteiger partial charge in [-0.05, 0) is 47.9 Å². The number of benzene rings is 2. The van der Waals surface area contributed by atoms with Crippen molar-refractivity contribution in [2.24, 2.45) is 0 Å². The van der Waals surface area contributed by atoms with E-state index in [1.807, 2.05) is 35.2 Å². The van der Waals surface area contributed by atoms with Gasteiger partial charge in [-0.15, -0.1) is 10.2 Å². The van der Waals surface area contributed by atoms with Gasteiger partial charge in [0.15, 0.2) is 11.6 Å². The number of anilines is 2. The lowest BCUT2D eigenvalue weighted by atomic mass is 10.1. The van der Waals surface area contributed by atoms with Crippen LogP contribution in [-0.2, 0) is 0 Å². The SMILES string of the molecule is O=C(c1ccc2ccccc2c1)N1CCN(c2ccc(N3CCCCCC3)nn2)CC1. The number of hydrogen-bond donors (Lipinski definition) is 0. The number of amides is 1. The molecular formula is C25H29N5O. The van der Waals surface area contributed by atoms with E-state index < -0.39 is 0 Å². The van der Waals surface area contributed by atoms with Gasteiger partial charge in [-0.2, -0.15) is 0 Å². The van der Waals surface area contributed by atoms with E-state index in [1.54, 1.807) is 0 Å². The third-order valence-corrected chi connectivity index (χ3v) is 6.45. The molecule has 0 N–H and O–H groups in total. The summed E-state index contributed by atoms with van der Waals surface area (Å²) < 4.78 is 0. The lowest BCUT2D eigenvalue weighted by molar-refractivity contribution is 0.0746. The first kappa shape index (κ1) is 19.8. The highest BCUT2D eigenvalue weighted by atomic mass is 16.2. The first-order chi connectivity index (χ1) is 15.3. The van der Waals surface area contributed by atoms with Crippen LogP contribution in [0.1, 0.15) is 36.0 Å². The summed E-state index contributed by atoms with van der Waals surface area (Å²) in [5.41, 5.74) is 0.758. The van der Waals surface area contributed by atoms with Gasteiger partial charge < -0.3 is 14.7 Å². The van der Waals surface area contributed by atoms with Crippen LogP contribution in [-0.4, -0.2) is 60.3 Å². The Morgan fingerprint density at radius 1 is 0.645 bits per heavy atom. The molecule has 0 bridgehead atoms. The Morgan fingerprint density at radius 2 is 1.26 bits per heavy atom. The van der Waals surface area contributed by atoms with Crippen LogP contribution in [0.2, 0.25) is 0 Å². The summed E-state index contributed by atoms with van der Waals surface area (Å²) in [4.78, 5) is 19.5.